The molecule has 4 heteroatoms. The van der Waals surface area contributed by atoms with E-state index < -0.39 is 0 Å². The number of hydrogen-bond acceptors (Lipinski definition) is 2. The fourth-order valence-corrected chi connectivity index (χ4v) is 1.10. The van der Waals surface area contributed by atoms with E-state index in [0.717, 1.165) is 0 Å². The summed E-state index contributed by atoms with van der Waals surface area (Å²) in [7, 11) is 1.62. The number of pyridine rings is 1. The molecule has 0 aliphatic rings. The lowest BCUT2D eigenvalue weighted by Crippen LogP contribution is -2.25. The quantitative estimate of drug-likeness (QED) is 0.740. The largest absolute Gasteiger partial charge is 0.349 e. The summed E-state index contributed by atoms with van der Waals surface area (Å²) in [4.78, 5) is 22.6. The summed E-state index contributed by atoms with van der Waals surface area (Å²) in [6.45, 7) is 2.39. The molecule has 0 saturated carbocycles. The maximum Gasteiger partial charge on any atom is 0.253 e. The topological polar surface area (TPSA) is 51.1 Å². The molecule has 0 saturated heterocycles. The van der Waals surface area contributed by atoms with Gasteiger partial charge in [0.2, 0.25) is 5.56 Å². The van der Waals surface area contributed by atoms with Crippen LogP contribution in [0.1, 0.15) is 17.3 Å². The molecule has 1 N–H and O–H groups in total. The van der Waals surface area contributed by atoms with E-state index in [1.807, 2.05) is 19.1 Å². The Morgan fingerprint density at radius 2 is 2.27 bits per heavy atom. The van der Waals surface area contributed by atoms with Crippen LogP contribution < -0.4 is 10.9 Å². The maximum atomic E-state index is 11.5. The van der Waals surface area contributed by atoms with Gasteiger partial charge in [0, 0.05) is 25.9 Å². The molecule has 0 bridgehead atoms. The van der Waals surface area contributed by atoms with Crippen molar-refractivity contribution in [1.29, 1.82) is 0 Å². The summed E-state index contributed by atoms with van der Waals surface area (Å²) < 4.78 is 1.38. The minimum atomic E-state index is -0.177. The number of aryl methyl sites for hydroxylation is 1. The highest BCUT2D eigenvalue weighted by molar-refractivity contribution is 5.93. The Balaban J connectivity index is 2.74. The SMILES string of the molecule is C/C=C/CNC(=O)c1ccc(=O)n(C)c1. The van der Waals surface area contributed by atoms with Crippen LogP contribution in [-0.2, 0) is 7.05 Å². The molecule has 0 spiro atoms. The fraction of sp³-hybridized carbons (Fsp3) is 0.273. The van der Waals surface area contributed by atoms with Gasteiger partial charge >= 0.3 is 0 Å². The molecule has 1 rings (SSSR count). The smallest absolute Gasteiger partial charge is 0.253 e. The Hall–Kier alpha value is -1.84. The zero-order chi connectivity index (χ0) is 11.3. The summed E-state index contributed by atoms with van der Waals surface area (Å²) >= 11 is 0. The fourth-order valence-electron chi connectivity index (χ4n) is 1.10. The van der Waals surface area contributed by atoms with E-state index in [1.165, 1.54) is 22.9 Å². The third-order valence-corrected chi connectivity index (χ3v) is 1.96. The molecule has 0 radical (unpaired) electrons. The van der Waals surface area contributed by atoms with Gasteiger partial charge in [-0.25, -0.2) is 0 Å². The van der Waals surface area contributed by atoms with Crippen molar-refractivity contribution in [3.63, 3.8) is 0 Å². The molecule has 1 amide bonds. The highest BCUT2D eigenvalue weighted by Gasteiger charge is 2.04. The van der Waals surface area contributed by atoms with E-state index in [-0.39, 0.29) is 11.5 Å². The summed E-state index contributed by atoms with van der Waals surface area (Å²) in [6, 6.07) is 2.90. The number of nitrogens with one attached hydrogen (secondary N) is 1. The molecule has 0 unspecified atom stereocenters. The molecule has 0 atom stereocenters. The Kier molecular flexibility index (Phi) is 3.85. The van der Waals surface area contributed by atoms with Gasteiger partial charge in [-0.2, -0.15) is 0 Å². The van der Waals surface area contributed by atoms with Crippen LogP contribution in [0.3, 0.4) is 0 Å². The highest BCUT2D eigenvalue weighted by Crippen LogP contribution is 1.94. The molecule has 15 heavy (non-hydrogen) atoms. The second kappa shape index (κ2) is 5.14. The molecular weight excluding hydrogens is 192 g/mol. The van der Waals surface area contributed by atoms with Crippen molar-refractivity contribution >= 4 is 5.91 Å². The average Bonchev–Trinajstić information content (AvgIpc) is 2.22. The number of rotatable bonds is 3. The van der Waals surface area contributed by atoms with Crippen molar-refractivity contribution in [3.05, 3.63) is 46.4 Å². The molecule has 0 aromatic carbocycles. The molecule has 1 aromatic rings. The first-order valence-corrected chi connectivity index (χ1v) is 4.71. The van der Waals surface area contributed by atoms with Gasteiger partial charge < -0.3 is 9.88 Å². The van der Waals surface area contributed by atoms with Crippen molar-refractivity contribution in [2.75, 3.05) is 6.54 Å². The van der Waals surface area contributed by atoms with E-state index >= 15 is 0 Å². The molecule has 80 valence electrons. The first-order valence-electron chi connectivity index (χ1n) is 4.71. The number of aromatic nitrogens is 1. The van der Waals surface area contributed by atoms with E-state index in [2.05, 4.69) is 5.32 Å². The average molecular weight is 206 g/mol. The van der Waals surface area contributed by atoms with Gasteiger partial charge in [0.1, 0.15) is 0 Å². The lowest BCUT2D eigenvalue weighted by atomic mass is 10.2. The molecule has 1 aromatic heterocycles. The Morgan fingerprint density at radius 1 is 1.53 bits per heavy atom. The van der Waals surface area contributed by atoms with Gasteiger partial charge in [-0.3, -0.25) is 9.59 Å². The van der Waals surface area contributed by atoms with Gasteiger partial charge in [0.25, 0.3) is 5.91 Å². The van der Waals surface area contributed by atoms with Crippen molar-refractivity contribution in [2.45, 2.75) is 6.92 Å². The van der Waals surface area contributed by atoms with Gasteiger partial charge in [0.15, 0.2) is 0 Å². The van der Waals surface area contributed by atoms with E-state index in [0.29, 0.717) is 12.1 Å². The minimum Gasteiger partial charge on any atom is -0.349 e. The van der Waals surface area contributed by atoms with Crippen molar-refractivity contribution in [3.8, 4) is 0 Å². The second-order valence-electron chi connectivity index (χ2n) is 3.15. The molecule has 0 aliphatic heterocycles. The van der Waals surface area contributed by atoms with Crippen molar-refractivity contribution in [1.82, 2.24) is 9.88 Å². The van der Waals surface area contributed by atoms with Crippen LogP contribution in [0.2, 0.25) is 0 Å². The predicted octanol–water partition coefficient (Wildman–Crippen LogP) is 0.691. The standard InChI is InChI=1S/C11H14N2O2/c1-3-4-7-12-11(15)9-5-6-10(14)13(2)8-9/h3-6,8H,7H2,1-2H3,(H,12,15)/b4-3+. The van der Waals surface area contributed by atoms with Gasteiger partial charge in [0.05, 0.1) is 5.56 Å². The lowest BCUT2D eigenvalue weighted by molar-refractivity contribution is 0.0957. The first kappa shape index (κ1) is 11.2. The van der Waals surface area contributed by atoms with Crippen molar-refractivity contribution in [2.24, 2.45) is 7.05 Å². The summed E-state index contributed by atoms with van der Waals surface area (Å²) in [6.07, 6.45) is 5.23. The second-order valence-corrected chi connectivity index (χ2v) is 3.15. The molecule has 0 fully saturated rings. The summed E-state index contributed by atoms with van der Waals surface area (Å²) in [5, 5.41) is 2.71. The molecular formula is C11H14N2O2. The van der Waals surface area contributed by atoms with Gasteiger partial charge in [-0.05, 0) is 13.0 Å². The zero-order valence-electron chi connectivity index (χ0n) is 8.86. The van der Waals surface area contributed by atoms with Crippen LogP contribution >= 0.6 is 0 Å². The lowest BCUT2D eigenvalue weighted by Gasteiger charge is -2.03. The number of nitrogens with zero attached hydrogens (tertiary/aromatic N) is 1. The third kappa shape index (κ3) is 3.09. The number of amides is 1. The molecule has 0 aliphatic carbocycles. The zero-order valence-corrected chi connectivity index (χ0v) is 8.86. The van der Waals surface area contributed by atoms with E-state index in [1.54, 1.807) is 7.05 Å². The van der Waals surface area contributed by atoms with Gasteiger partial charge in [-0.15, -0.1) is 0 Å². The Labute approximate surface area is 88.2 Å². The Morgan fingerprint density at radius 3 is 2.87 bits per heavy atom. The highest BCUT2D eigenvalue weighted by atomic mass is 16.1. The first-order chi connectivity index (χ1) is 7.15. The third-order valence-electron chi connectivity index (χ3n) is 1.96. The number of allylic oxidation sites excluding steroid dienone is 1. The minimum absolute atomic E-state index is 0.125. The molecule has 1 heterocycles. The van der Waals surface area contributed by atoms with Crippen molar-refractivity contribution < 1.29 is 4.79 Å². The van der Waals surface area contributed by atoms with Crippen LogP contribution in [0.5, 0.6) is 0 Å². The van der Waals surface area contributed by atoms with Crippen LogP contribution in [0.4, 0.5) is 0 Å². The monoisotopic (exact) mass is 206 g/mol. The van der Waals surface area contributed by atoms with E-state index in [9.17, 15) is 9.59 Å². The maximum absolute atomic E-state index is 11.5. The molecule has 4 nitrogen and oxygen atoms in total. The van der Waals surface area contributed by atoms with Crippen LogP contribution in [0, 0.1) is 0 Å². The summed E-state index contributed by atoms with van der Waals surface area (Å²) in [5.74, 6) is -0.177. The normalized spacial score (nSPS) is 10.5. The van der Waals surface area contributed by atoms with E-state index in [4.69, 9.17) is 0 Å². The number of hydrogen-bond donors (Lipinski definition) is 1. The number of carbonyl (C=O) groups is 1. The van der Waals surface area contributed by atoms with Crippen LogP contribution in [0.25, 0.3) is 0 Å². The predicted molar refractivity (Wildman–Crippen MR) is 58.8 cm³/mol. The summed E-state index contributed by atoms with van der Waals surface area (Å²) in [5.41, 5.74) is 0.363. The van der Waals surface area contributed by atoms with Crippen LogP contribution in [-0.4, -0.2) is 17.0 Å². The van der Waals surface area contributed by atoms with Gasteiger partial charge in [-0.1, -0.05) is 12.2 Å². The Bertz CT molecular complexity index is 432. The number of carbonyl (C=O) groups excluding carboxylic acids is 1. The van der Waals surface area contributed by atoms with Crippen LogP contribution in [0.15, 0.2) is 35.3 Å².